The van der Waals surface area contributed by atoms with E-state index in [1.165, 1.54) is 120 Å². The van der Waals surface area contributed by atoms with Gasteiger partial charge in [0, 0.05) is 10.8 Å². The minimum atomic E-state index is 0.921. The second kappa shape index (κ2) is 13.1. The number of fused-ring (bicyclic) bond motifs is 15. The van der Waals surface area contributed by atoms with Crippen molar-refractivity contribution in [1.82, 2.24) is 0 Å². The first-order valence-electron chi connectivity index (χ1n) is 21.8. The van der Waals surface area contributed by atoms with Crippen molar-refractivity contribution in [2.75, 3.05) is 0 Å². The van der Waals surface area contributed by atoms with Crippen molar-refractivity contribution < 1.29 is 4.42 Å². The third kappa shape index (κ3) is 4.99. The van der Waals surface area contributed by atoms with E-state index in [0.717, 1.165) is 21.9 Å². The van der Waals surface area contributed by atoms with Gasteiger partial charge in [-0.15, -0.1) is 0 Å². The van der Waals surface area contributed by atoms with Gasteiger partial charge >= 0.3 is 0 Å². The SMILES string of the molecule is c1ccc2c(c1)ccc1cc(-c3c4ccccc4c(-c4ccc(-c5ccc6c(c5)c5ccccc5c5cc7c(cc65)oc5ccccc57)c5ccccc45)c4ccccc34)ccc12. The van der Waals surface area contributed by atoms with Crippen LogP contribution in [0.4, 0.5) is 0 Å². The van der Waals surface area contributed by atoms with Gasteiger partial charge in [-0.2, -0.15) is 0 Å². The monoisotopic (exact) mass is 796 g/mol. The van der Waals surface area contributed by atoms with Gasteiger partial charge in [0.2, 0.25) is 0 Å². The fraction of sp³-hybridized carbons (Fsp3) is 0. The van der Waals surface area contributed by atoms with Gasteiger partial charge < -0.3 is 4.42 Å². The van der Waals surface area contributed by atoms with Crippen LogP contribution in [0.15, 0.2) is 223 Å². The molecule has 0 aliphatic carbocycles. The van der Waals surface area contributed by atoms with Crippen LogP contribution in [0.25, 0.3) is 141 Å². The first kappa shape index (κ1) is 34.5. The molecule has 0 aliphatic heterocycles. The Bertz CT molecular complexity index is 4200. The summed E-state index contributed by atoms with van der Waals surface area (Å²) >= 11 is 0. The molecule has 14 rings (SSSR count). The van der Waals surface area contributed by atoms with E-state index < -0.39 is 0 Å². The highest BCUT2D eigenvalue weighted by molar-refractivity contribution is 6.29. The summed E-state index contributed by atoms with van der Waals surface area (Å²) < 4.78 is 6.42. The van der Waals surface area contributed by atoms with Crippen LogP contribution < -0.4 is 0 Å². The molecule has 1 aromatic heterocycles. The van der Waals surface area contributed by atoms with E-state index in [0.29, 0.717) is 0 Å². The standard InChI is InChI=1S/C62H36O/c1-2-14-41-37(13-1)25-26-38-33-40(28-29-42(38)41)61-50-20-7-9-22-52(50)62(53-23-10-8-21-51(53)61)54-32-31-43(44-15-3-4-16-45(44)54)39-27-30-48-55(34-39)46-17-5-6-18-47(46)56-35-58-49-19-11-12-24-59(49)63-60(58)36-57(48)56/h1-36H. The zero-order chi connectivity index (χ0) is 41.2. The summed E-state index contributed by atoms with van der Waals surface area (Å²) in [6, 6.07) is 80.8. The lowest BCUT2D eigenvalue weighted by Gasteiger charge is -2.20. The van der Waals surface area contributed by atoms with Crippen molar-refractivity contribution in [3.8, 4) is 33.4 Å². The van der Waals surface area contributed by atoms with E-state index in [1.807, 2.05) is 6.07 Å². The molecule has 290 valence electrons. The maximum Gasteiger partial charge on any atom is 0.136 e. The second-order valence-corrected chi connectivity index (χ2v) is 17.1. The molecule has 0 radical (unpaired) electrons. The lowest BCUT2D eigenvalue weighted by atomic mass is 9.83. The Morgan fingerprint density at radius 2 is 0.683 bits per heavy atom. The zero-order valence-corrected chi connectivity index (χ0v) is 34.2. The van der Waals surface area contributed by atoms with Gasteiger partial charge in [-0.1, -0.05) is 188 Å². The number of para-hydroxylation sites is 1. The minimum absolute atomic E-state index is 0.921. The van der Waals surface area contributed by atoms with Crippen molar-refractivity contribution in [3.63, 3.8) is 0 Å². The number of rotatable bonds is 3. The molecular formula is C62H36O. The molecule has 0 fully saturated rings. The number of hydrogen-bond acceptors (Lipinski definition) is 1. The van der Waals surface area contributed by atoms with Crippen LogP contribution in [0, 0.1) is 0 Å². The van der Waals surface area contributed by atoms with E-state index in [-0.39, 0.29) is 0 Å². The molecule has 1 heterocycles. The van der Waals surface area contributed by atoms with Crippen LogP contribution in [0.5, 0.6) is 0 Å². The highest BCUT2D eigenvalue weighted by atomic mass is 16.3. The summed E-state index contributed by atoms with van der Waals surface area (Å²) in [5.74, 6) is 0. The fourth-order valence-electron chi connectivity index (χ4n) is 11.0. The molecule has 0 atom stereocenters. The van der Waals surface area contributed by atoms with Crippen LogP contribution in [-0.2, 0) is 0 Å². The average molecular weight is 797 g/mol. The smallest absolute Gasteiger partial charge is 0.136 e. The Hall–Kier alpha value is -8.26. The summed E-state index contributed by atoms with van der Waals surface area (Å²) in [5.41, 5.74) is 9.29. The largest absolute Gasteiger partial charge is 0.456 e. The molecule has 63 heavy (non-hydrogen) atoms. The lowest BCUT2D eigenvalue weighted by Crippen LogP contribution is -1.93. The summed E-state index contributed by atoms with van der Waals surface area (Å²) in [4.78, 5) is 0. The molecule has 0 saturated carbocycles. The van der Waals surface area contributed by atoms with Gasteiger partial charge in [-0.05, 0) is 150 Å². The molecule has 0 unspecified atom stereocenters. The quantitative estimate of drug-likeness (QED) is 0.128. The predicted octanol–water partition coefficient (Wildman–Crippen LogP) is 17.8. The van der Waals surface area contributed by atoms with Crippen LogP contribution in [-0.4, -0.2) is 0 Å². The lowest BCUT2D eigenvalue weighted by molar-refractivity contribution is 0.669. The van der Waals surface area contributed by atoms with E-state index >= 15 is 0 Å². The van der Waals surface area contributed by atoms with Gasteiger partial charge in [-0.25, -0.2) is 0 Å². The summed E-state index contributed by atoms with van der Waals surface area (Å²) in [6.45, 7) is 0. The Morgan fingerprint density at radius 3 is 1.41 bits per heavy atom. The third-order valence-corrected chi connectivity index (χ3v) is 13.8. The van der Waals surface area contributed by atoms with Crippen molar-refractivity contribution in [2.24, 2.45) is 0 Å². The zero-order valence-electron chi connectivity index (χ0n) is 34.2. The molecule has 0 aliphatic rings. The fourth-order valence-corrected chi connectivity index (χ4v) is 11.0. The minimum Gasteiger partial charge on any atom is -0.456 e. The van der Waals surface area contributed by atoms with Crippen molar-refractivity contribution in [2.45, 2.75) is 0 Å². The summed E-state index contributed by atoms with van der Waals surface area (Å²) in [5, 5.41) is 22.4. The van der Waals surface area contributed by atoms with Crippen molar-refractivity contribution in [1.29, 1.82) is 0 Å². The van der Waals surface area contributed by atoms with E-state index in [2.05, 4.69) is 212 Å². The Labute approximate surface area is 362 Å². The summed E-state index contributed by atoms with van der Waals surface area (Å²) in [7, 11) is 0. The maximum absolute atomic E-state index is 6.42. The van der Waals surface area contributed by atoms with Gasteiger partial charge in [0.05, 0.1) is 0 Å². The van der Waals surface area contributed by atoms with E-state index in [1.54, 1.807) is 0 Å². The molecule has 0 saturated heterocycles. The molecule has 0 amide bonds. The third-order valence-electron chi connectivity index (χ3n) is 13.8. The molecule has 0 bridgehead atoms. The number of hydrogen-bond donors (Lipinski definition) is 0. The van der Waals surface area contributed by atoms with E-state index in [9.17, 15) is 0 Å². The molecule has 14 aromatic rings. The Morgan fingerprint density at radius 1 is 0.206 bits per heavy atom. The first-order chi connectivity index (χ1) is 31.2. The highest BCUT2D eigenvalue weighted by Gasteiger charge is 2.20. The van der Waals surface area contributed by atoms with E-state index in [4.69, 9.17) is 4.42 Å². The van der Waals surface area contributed by atoms with Crippen LogP contribution in [0.1, 0.15) is 0 Å². The average Bonchev–Trinajstić information content (AvgIpc) is 3.72. The number of furan rings is 1. The Balaban J connectivity index is 0.979. The van der Waals surface area contributed by atoms with Gasteiger partial charge in [-0.3, -0.25) is 0 Å². The first-order valence-corrected chi connectivity index (χ1v) is 21.8. The molecular weight excluding hydrogens is 761 g/mol. The second-order valence-electron chi connectivity index (χ2n) is 17.1. The molecule has 1 nitrogen and oxygen atoms in total. The summed E-state index contributed by atoms with van der Waals surface area (Å²) in [6.07, 6.45) is 0. The molecule has 1 heteroatoms. The van der Waals surface area contributed by atoms with Crippen LogP contribution >= 0.6 is 0 Å². The highest BCUT2D eigenvalue weighted by Crippen LogP contribution is 2.48. The van der Waals surface area contributed by atoms with Crippen molar-refractivity contribution >= 4 is 108 Å². The normalized spacial score (nSPS) is 12.1. The molecule has 13 aromatic carbocycles. The van der Waals surface area contributed by atoms with Gasteiger partial charge in [0.15, 0.2) is 0 Å². The molecule has 0 spiro atoms. The van der Waals surface area contributed by atoms with Gasteiger partial charge in [0.25, 0.3) is 0 Å². The van der Waals surface area contributed by atoms with Crippen molar-refractivity contribution in [3.05, 3.63) is 218 Å². The van der Waals surface area contributed by atoms with Gasteiger partial charge in [0.1, 0.15) is 11.2 Å². The van der Waals surface area contributed by atoms with Crippen LogP contribution in [0.3, 0.4) is 0 Å². The number of benzene rings is 13. The maximum atomic E-state index is 6.42. The predicted molar refractivity (Wildman–Crippen MR) is 270 cm³/mol. The van der Waals surface area contributed by atoms with Crippen LogP contribution in [0.2, 0.25) is 0 Å². The Kier molecular flexibility index (Phi) is 7.17. The topological polar surface area (TPSA) is 13.1 Å². The molecule has 0 N–H and O–H groups in total.